The van der Waals surface area contributed by atoms with Gasteiger partial charge < -0.3 is 10.7 Å². The van der Waals surface area contributed by atoms with E-state index in [0.717, 1.165) is 18.9 Å². The molecule has 4 nitrogen and oxygen atoms in total. The first kappa shape index (κ1) is 11.2. The molecular weight excluding hydrogens is 212 g/mol. The van der Waals surface area contributed by atoms with E-state index in [-0.39, 0.29) is 0 Å². The smallest absolute Gasteiger partial charge is 0.0925 e. The lowest BCUT2D eigenvalue weighted by Gasteiger charge is -2.41. The first-order valence-electron chi connectivity index (χ1n) is 6.75. The molecule has 0 spiro atoms. The normalized spacial score (nSPS) is 30.7. The predicted molar refractivity (Wildman–Crippen MR) is 67.6 cm³/mol. The number of fused-ring (bicyclic) bond motifs is 1. The van der Waals surface area contributed by atoms with E-state index in [1.807, 2.05) is 6.33 Å². The van der Waals surface area contributed by atoms with Gasteiger partial charge in [-0.3, -0.25) is 4.90 Å². The molecule has 17 heavy (non-hydrogen) atoms. The Kier molecular flexibility index (Phi) is 2.92. The molecule has 2 heterocycles. The van der Waals surface area contributed by atoms with Crippen molar-refractivity contribution in [2.24, 2.45) is 11.7 Å². The van der Waals surface area contributed by atoms with Gasteiger partial charge in [0.25, 0.3) is 0 Å². The molecule has 3 rings (SSSR count). The van der Waals surface area contributed by atoms with Crippen LogP contribution in [-0.4, -0.2) is 34.5 Å². The Bertz CT molecular complexity index is 381. The first-order valence-corrected chi connectivity index (χ1v) is 6.75. The fourth-order valence-corrected chi connectivity index (χ4v) is 3.63. The summed E-state index contributed by atoms with van der Waals surface area (Å²) in [6.07, 6.45) is 8.31. The van der Waals surface area contributed by atoms with Gasteiger partial charge >= 0.3 is 0 Å². The van der Waals surface area contributed by atoms with Crippen LogP contribution in [0.5, 0.6) is 0 Å². The molecular formula is C13H22N4. The van der Waals surface area contributed by atoms with Gasteiger partial charge in [0.15, 0.2) is 0 Å². The monoisotopic (exact) mass is 234 g/mol. The van der Waals surface area contributed by atoms with Gasteiger partial charge in [-0.05, 0) is 25.8 Å². The summed E-state index contributed by atoms with van der Waals surface area (Å²) in [6.45, 7) is 0.734. The number of rotatable bonds is 2. The van der Waals surface area contributed by atoms with Crippen molar-refractivity contribution in [2.45, 2.75) is 44.2 Å². The quantitative estimate of drug-likeness (QED) is 0.814. The van der Waals surface area contributed by atoms with Gasteiger partial charge in [0.1, 0.15) is 0 Å². The van der Waals surface area contributed by atoms with E-state index in [4.69, 9.17) is 5.73 Å². The lowest BCUT2D eigenvalue weighted by Crippen LogP contribution is -2.47. The lowest BCUT2D eigenvalue weighted by atomic mass is 9.87. The fourth-order valence-electron chi connectivity index (χ4n) is 3.63. The standard InChI is InChI=1S/C13H22N4/c1-17-10(7-14)6-11-12(16-8-15-11)13(17)9-4-2-3-5-9/h8-10,13H,2-7,14H2,1H3,(H,15,16). The van der Waals surface area contributed by atoms with Crippen LogP contribution in [0.1, 0.15) is 43.1 Å². The number of likely N-dealkylation sites (N-methyl/N-ethyl adjacent to an activating group) is 1. The average Bonchev–Trinajstić information content (AvgIpc) is 2.97. The van der Waals surface area contributed by atoms with Crippen molar-refractivity contribution < 1.29 is 0 Å². The lowest BCUT2D eigenvalue weighted by molar-refractivity contribution is 0.108. The van der Waals surface area contributed by atoms with Crippen molar-refractivity contribution in [1.29, 1.82) is 0 Å². The summed E-state index contributed by atoms with van der Waals surface area (Å²) in [5.41, 5.74) is 8.50. The SMILES string of the molecule is CN1C(CN)Cc2[nH]cnc2C1C1CCCC1. The molecule has 3 N–H and O–H groups in total. The summed E-state index contributed by atoms with van der Waals surface area (Å²) in [4.78, 5) is 10.3. The number of aromatic amines is 1. The van der Waals surface area contributed by atoms with Gasteiger partial charge in [0, 0.05) is 24.7 Å². The van der Waals surface area contributed by atoms with Crippen LogP contribution in [0.3, 0.4) is 0 Å². The zero-order chi connectivity index (χ0) is 11.8. The molecule has 2 atom stereocenters. The van der Waals surface area contributed by atoms with Crippen LogP contribution in [0.4, 0.5) is 0 Å². The van der Waals surface area contributed by atoms with Crippen LogP contribution in [0.25, 0.3) is 0 Å². The highest BCUT2D eigenvalue weighted by molar-refractivity contribution is 5.22. The summed E-state index contributed by atoms with van der Waals surface area (Å²) in [7, 11) is 2.22. The zero-order valence-corrected chi connectivity index (χ0v) is 10.5. The molecule has 0 saturated heterocycles. The summed E-state index contributed by atoms with van der Waals surface area (Å²) in [6, 6.07) is 0.953. The third-order valence-electron chi connectivity index (χ3n) is 4.60. The van der Waals surface area contributed by atoms with E-state index in [1.54, 1.807) is 0 Å². The summed E-state index contributed by atoms with van der Waals surface area (Å²) in [5, 5.41) is 0. The first-order chi connectivity index (χ1) is 8.31. The molecule has 0 amide bonds. The van der Waals surface area contributed by atoms with Crippen molar-refractivity contribution in [3.05, 3.63) is 17.7 Å². The Hall–Kier alpha value is -0.870. The summed E-state index contributed by atoms with van der Waals surface area (Å²) >= 11 is 0. The van der Waals surface area contributed by atoms with Crippen molar-refractivity contribution in [3.63, 3.8) is 0 Å². The molecule has 0 aromatic carbocycles. The second-order valence-electron chi connectivity index (χ2n) is 5.51. The van der Waals surface area contributed by atoms with E-state index < -0.39 is 0 Å². The van der Waals surface area contributed by atoms with Gasteiger partial charge in [-0.2, -0.15) is 0 Å². The highest BCUT2D eigenvalue weighted by atomic mass is 15.2. The van der Waals surface area contributed by atoms with Crippen LogP contribution >= 0.6 is 0 Å². The molecule has 1 aliphatic carbocycles. The third kappa shape index (κ3) is 1.79. The molecule has 1 aliphatic heterocycles. The molecule has 1 fully saturated rings. The van der Waals surface area contributed by atoms with Gasteiger partial charge in [-0.1, -0.05) is 12.8 Å². The third-order valence-corrected chi connectivity index (χ3v) is 4.60. The number of H-pyrrole nitrogens is 1. The molecule has 1 aromatic heterocycles. The van der Waals surface area contributed by atoms with Gasteiger partial charge in [0.2, 0.25) is 0 Å². The van der Waals surface area contributed by atoms with Crippen LogP contribution in [0.15, 0.2) is 6.33 Å². The van der Waals surface area contributed by atoms with E-state index in [2.05, 4.69) is 21.9 Å². The number of nitrogens with two attached hydrogens (primary N) is 1. The Balaban J connectivity index is 1.94. The molecule has 94 valence electrons. The number of aromatic nitrogens is 2. The Morgan fingerprint density at radius 3 is 2.94 bits per heavy atom. The van der Waals surface area contributed by atoms with Crippen molar-refractivity contribution >= 4 is 0 Å². The minimum absolute atomic E-state index is 0.466. The van der Waals surface area contributed by atoms with E-state index in [9.17, 15) is 0 Å². The second kappa shape index (κ2) is 4.42. The maximum Gasteiger partial charge on any atom is 0.0925 e. The van der Waals surface area contributed by atoms with Crippen molar-refractivity contribution in [3.8, 4) is 0 Å². The minimum atomic E-state index is 0.466. The van der Waals surface area contributed by atoms with Crippen molar-refractivity contribution in [2.75, 3.05) is 13.6 Å². The molecule has 1 saturated carbocycles. The topological polar surface area (TPSA) is 57.9 Å². The highest BCUT2D eigenvalue weighted by Gasteiger charge is 2.38. The van der Waals surface area contributed by atoms with Gasteiger partial charge in [0.05, 0.1) is 18.1 Å². The summed E-state index contributed by atoms with van der Waals surface area (Å²) in [5.74, 6) is 0.774. The number of imidazole rings is 1. The van der Waals surface area contributed by atoms with E-state index in [0.29, 0.717) is 12.1 Å². The number of nitrogens with one attached hydrogen (secondary N) is 1. The molecule has 2 aliphatic rings. The van der Waals surface area contributed by atoms with Crippen LogP contribution < -0.4 is 5.73 Å². The zero-order valence-electron chi connectivity index (χ0n) is 10.5. The van der Waals surface area contributed by atoms with E-state index >= 15 is 0 Å². The van der Waals surface area contributed by atoms with Crippen LogP contribution in [-0.2, 0) is 6.42 Å². The van der Waals surface area contributed by atoms with Crippen molar-refractivity contribution in [1.82, 2.24) is 14.9 Å². The highest BCUT2D eigenvalue weighted by Crippen LogP contribution is 2.42. The Morgan fingerprint density at radius 2 is 2.24 bits per heavy atom. The predicted octanol–water partition coefficient (Wildman–Crippen LogP) is 1.46. The number of hydrogen-bond donors (Lipinski definition) is 2. The van der Waals surface area contributed by atoms with E-state index in [1.165, 1.54) is 37.1 Å². The Morgan fingerprint density at radius 1 is 1.47 bits per heavy atom. The van der Waals surface area contributed by atoms with Gasteiger partial charge in [-0.25, -0.2) is 4.98 Å². The molecule has 2 unspecified atom stereocenters. The van der Waals surface area contributed by atoms with Crippen LogP contribution in [0.2, 0.25) is 0 Å². The molecule has 0 bridgehead atoms. The fraction of sp³-hybridized carbons (Fsp3) is 0.769. The molecule has 4 heteroatoms. The maximum atomic E-state index is 5.90. The van der Waals surface area contributed by atoms with Crippen LogP contribution in [0, 0.1) is 5.92 Å². The maximum absolute atomic E-state index is 5.90. The summed E-state index contributed by atoms with van der Waals surface area (Å²) < 4.78 is 0. The number of hydrogen-bond acceptors (Lipinski definition) is 3. The molecule has 1 aromatic rings. The molecule has 0 radical (unpaired) electrons. The second-order valence-corrected chi connectivity index (χ2v) is 5.51. The van der Waals surface area contributed by atoms with Gasteiger partial charge in [-0.15, -0.1) is 0 Å². The minimum Gasteiger partial charge on any atom is -0.348 e. The average molecular weight is 234 g/mol. The largest absolute Gasteiger partial charge is 0.348 e. The Labute approximate surface area is 103 Å². The number of nitrogens with zero attached hydrogens (tertiary/aromatic N) is 2.